The Kier molecular flexibility index (Phi) is 5.18. The number of fused-ring (bicyclic) bond motifs is 1. The Balaban J connectivity index is 1.38. The van der Waals surface area contributed by atoms with Gasteiger partial charge in [0.2, 0.25) is 0 Å². The van der Waals surface area contributed by atoms with Crippen molar-refractivity contribution >= 4 is 34.3 Å². The summed E-state index contributed by atoms with van der Waals surface area (Å²) in [6, 6.07) is 13.0. The van der Waals surface area contributed by atoms with Crippen LogP contribution in [0.25, 0.3) is 11.1 Å². The summed E-state index contributed by atoms with van der Waals surface area (Å²) in [6.07, 6.45) is 1.27. The Labute approximate surface area is 162 Å². The number of piperidine rings is 1. The number of hydrogen-bond donors (Lipinski definition) is 1. The van der Waals surface area contributed by atoms with Gasteiger partial charge in [-0.25, -0.2) is 4.98 Å². The molecular weight excluding hydrogens is 371 g/mol. The van der Waals surface area contributed by atoms with Gasteiger partial charge in [0.1, 0.15) is 5.52 Å². The Morgan fingerprint density at radius 3 is 2.69 bits per heavy atom. The van der Waals surface area contributed by atoms with Gasteiger partial charge in [-0.2, -0.15) is 0 Å². The summed E-state index contributed by atoms with van der Waals surface area (Å²) in [7, 11) is 0. The monoisotopic (exact) mass is 390 g/mol. The number of likely N-dealkylation sites (tertiary alicyclic amines) is 1. The Bertz CT molecular complexity index is 871. The van der Waals surface area contributed by atoms with E-state index < -0.39 is 6.10 Å². The minimum absolute atomic E-state index is 0.325. The third kappa shape index (κ3) is 3.74. The Hall–Kier alpha value is -1.59. The van der Waals surface area contributed by atoms with Crippen LogP contribution in [-0.2, 0) is 0 Å². The minimum atomic E-state index is -0.651. The molecule has 1 aliphatic rings. The predicted molar refractivity (Wildman–Crippen MR) is 104 cm³/mol. The molecule has 1 fully saturated rings. The standard InChI is InChI=1S/C20H20Cl2N2O2/c21-14-5-6-16(22)15(11-14)18(25)12-24-9-7-13(8-10-24)20-23-17-3-1-2-4-19(17)26-20/h1-6,11,13,18,25H,7-10,12H2. The van der Waals surface area contributed by atoms with E-state index in [-0.39, 0.29) is 0 Å². The van der Waals surface area contributed by atoms with Crippen molar-refractivity contribution in [1.29, 1.82) is 0 Å². The molecule has 26 heavy (non-hydrogen) atoms. The van der Waals surface area contributed by atoms with Gasteiger partial charge in [-0.05, 0) is 56.3 Å². The molecule has 2 heterocycles. The molecule has 0 bridgehead atoms. The lowest BCUT2D eigenvalue weighted by atomic mass is 9.96. The molecule has 3 aromatic rings. The van der Waals surface area contributed by atoms with Gasteiger partial charge in [-0.15, -0.1) is 0 Å². The fraction of sp³-hybridized carbons (Fsp3) is 0.350. The zero-order valence-electron chi connectivity index (χ0n) is 14.2. The van der Waals surface area contributed by atoms with Crippen LogP contribution in [0, 0.1) is 0 Å². The van der Waals surface area contributed by atoms with E-state index in [2.05, 4.69) is 9.88 Å². The molecule has 4 rings (SSSR count). The van der Waals surface area contributed by atoms with Gasteiger partial charge in [-0.1, -0.05) is 35.3 Å². The van der Waals surface area contributed by atoms with Crippen LogP contribution in [-0.4, -0.2) is 34.6 Å². The Morgan fingerprint density at radius 2 is 1.92 bits per heavy atom. The topological polar surface area (TPSA) is 49.5 Å². The summed E-state index contributed by atoms with van der Waals surface area (Å²) in [5, 5.41) is 11.7. The van der Waals surface area contributed by atoms with E-state index in [0.29, 0.717) is 28.1 Å². The van der Waals surface area contributed by atoms with Gasteiger partial charge in [0.25, 0.3) is 0 Å². The maximum absolute atomic E-state index is 10.5. The number of aliphatic hydroxyl groups is 1. The van der Waals surface area contributed by atoms with Crippen molar-refractivity contribution in [2.75, 3.05) is 19.6 Å². The van der Waals surface area contributed by atoms with E-state index >= 15 is 0 Å². The van der Waals surface area contributed by atoms with Gasteiger partial charge < -0.3 is 14.4 Å². The normalized spacial score (nSPS) is 17.7. The van der Waals surface area contributed by atoms with E-state index in [1.54, 1.807) is 18.2 Å². The molecule has 0 spiro atoms. The molecule has 1 N–H and O–H groups in total. The second-order valence-electron chi connectivity index (χ2n) is 6.78. The van der Waals surface area contributed by atoms with Crippen molar-refractivity contribution in [2.24, 2.45) is 0 Å². The second-order valence-corrected chi connectivity index (χ2v) is 7.62. The van der Waals surface area contributed by atoms with Crippen molar-refractivity contribution < 1.29 is 9.52 Å². The number of hydrogen-bond acceptors (Lipinski definition) is 4. The highest BCUT2D eigenvalue weighted by atomic mass is 35.5. The lowest BCUT2D eigenvalue weighted by molar-refractivity contribution is 0.0951. The maximum atomic E-state index is 10.5. The molecule has 136 valence electrons. The summed E-state index contributed by atoms with van der Waals surface area (Å²) in [4.78, 5) is 6.88. The zero-order chi connectivity index (χ0) is 18.1. The van der Waals surface area contributed by atoms with Gasteiger partial charge in [-0.3, -0.25) is 0 Å². The molecule has 0 amide bonds. The van der Waals surface area contributed by atoms with Crippen LogP contribution in [0.3, 0.4) is 0 Å². The highest BCUT2D eigenvalue weighted by molar-refractivity contribution is 6.33. The summed E-state index contributed by atoms with van der Waals surface area (Å²) in [5.74, 6) is 1.15. The Morgan fingerprint density at radius 1 is 1.15 bits per heavy atom. The first-order chi connectivity index (χ1) is 12.6. The molecule has 6 heteroatoms. The quantitative estimate of drug-likeness (QED) is 0.677. The molecule has 0 saturated carbocycles. The second kappa shape index (κ2) is 7.57. The van der Waals surface area contributed by atoms with Gasteiger partial charge in [0.05, 0.1) is 6.10 Å². The summed E-state index contributed by atoms with van der Waals surface area (Å²) in [5.41, 5.74) is 2.44. The first kappa shape index (κ1) is 17.8. The zero-order valence-corrected chi connectivity index (χ0v) is 15.7. The smallest absolute Gasteiger partial charge is 0.198 e. The molecule has 0 aliphatic carbocycles. The number of benzene rings is 2. The third-order valence-electron chi connectivity index (χ3n) is 5.00. The predicted octanol–water partition coefficient (Wildman–Crippen LogP) is 5.05. The maximum Gasteiger partial charge on any atom is 0.198 e. The fourth-order valence-electron chi connectivity index (χ4n) is 3.54. The number of para-hydroxylation sites is 2. The highest BCUT2D eigenvalue weighted by Gasteiger charge is 2.26. The van der Waals surface area contributed by atoms with E-state index in [9.17, 15) is 5.11 Å². The molecule has 2 aromatic carbocycles. The largest absolute Gasteiger partial charge is 0.440 e. The molecule has 1 aliphatic heterocycles. The third-order valence-corrected chi connectivity index (χ3v) is 5.57. The van der Waals surface area contributed by atoms with Crippen LogP contribution < -0.4 is 0 Å². The van der Waals surface area contributed by atoms with Crippen LogP contribution in [0.1, 0.15) is 36.3 Å². The van der Waals surface area contributed by atoms with Crippen LogP contribution >= 0.6 is 23.2 Å². The summed E-state index contributed by atoms with van der Waals surface area (Å²) < 4.78 is 5.91. The molecule has 1 unspecified atom stereocenters. The number of aliphatic hydroxyl groups excluding tert-OH is 1. The highest BCUT2D eigenvalue weighted by Crippen LogP contribution is 2.32. The van der Waals surface area contributed by atoms with E-state index in [1.807, 2.05) is 24.3 Å². The lowest BCUT2D eigenvalue weighted by Gasteiger charge is -2.32. The lowest BCUT2D eigenvalue weighted by Crippen LogP contribution is -2.36. The molecule has 1 atom stereocenters. The van der Waals surface area contributed by atoms with Gasteiger partial charge in [0, 0.05) is 28.1 Å². The van der Waals surface area contributed by atoms with E-state index in [1.165, 1.54) is 0 Å². The van der Waals surface area contributed by atoms with Crippen molar-refractivity contribution in [3.05, 3.63) is 64.0 Å². The molecular formula is C20H20Cl2N2O2. The van der Waals surface area contributed by atoms with Crippen molar-refractivity contribution in [3.8, 4) is 0 Å². The average molecular weight is 391 g/mol. The SMILES string of the molecule is OC(CN1CCC(c2nc3ccccc3o2)CC1)c1cc(Cl)ccc1Cl. The van der Waals surface area contributed by atoms with Crippen LogP contribution in [0.2, 0.25) is 10.0 Å². The molecule has 4 nitrogen and oxygen atoms in total. The van der Waals surface area contributed by atoms with E-state index in [4.69, 9.17) is 27.6 Å². The molecule has 1 saturated heterocycles. The first-order valence-corrected chi connectivity index (χ1v) is 9.56. The number of oxazole rings is 1. The van der Waals surface area contributed by atoms with Crippen LogP contribution in [0.15, 0.2) is 46.9 Å². The average Bonchev–Trinajstić information content (AvgIpc) is 3.08. The number of β-amino-alcohol motifs (C(OH)–C–C–N with tert-alkyl or cyclic N) is 1. The molecule has 1 aromatic heterocycles. The van der Waals surface area contributed by atoms with Crippen molar-refractivity contribution in [2.45, 2.75) is 24.9 Å². The first-order valence-electron chi connectivity index (χ1n) is 8.81. The summed E-state index contributed by atoms with van der Waals surface area (Å²) >= 11 is 12.2. The van der Waals surface area contributed by atoms with Crippen molar-refractivity contribution in [1.82, 2.24) is 9.88 Å². The van der Waals surface area contributed by atoms with E-state index in [0.717, 1.165) is 42.9 Å². The number of aromatic nitrogens is 1. The number of halogens is 2. The number of nitrogens with zero attached hydrogens (tertiary/aromatic N) is 2. The fourth-order valence-corrected chi connectivity index (χ4v) is 3.96. The molecule has 0 radical (unpaired) electrons. The van der Waals surface area contributed by atoms with Crippen LogP contribution in [0.4, 0.5) is 0 Å². The van der Waals surface area contributed by atoms with Crippen LogP contribution in [0.5, 0.6) is 0 Å². The number of rotatable bonds is 4. The summed E-state index contributed by atoms with van der Waals surface area (Å²) in [6.45, 7) is 2.32. The van der Waals surface area contributed by atoms with Gasteiger partial charge in [0.15, 0.2) is 11.5 Å². The minimum Gasteiger partial charge on any atom is -0.440 e. The van der Waals surface area contributed by atoms with Crippen molar-refractivity contribution in [3.63, 3.8) is 0 Å². The van der Waals surface area contributed by atoms with Gasteiger partial charge >= 0.3 is 0 Å².